The van der Waals surface area contributed by atoms with Gasteiger partial charge in [-0.2, -0.15) is 0 Å². The minimum absolute atomic E-state index is 0.00189. The van der Waals surface area contributed by atoms with E-state index in [0.29, 0.717) is 32.5 Å². The predicted molar refractivity (Wildman–Crippen MR) is 72.5 cm³/mol. The third-order valence-electron chi connectivity index (χ3n) is 3.09. The molecule has 1 saturated heterocycles. The van der Waals surface area contributed by atoms with Gasteiger partial charge in [0.05, 0.1) is 13.2 Å². The summed E-state index contributed by atoms with van der Waals surface area (Å²) in [5, 5.41) is 2.81. The van der Waals surface area contributed by atoms with E-state index in [9.17, 15) is 9.59 Å². The molecule has 0 radical (unpaired) electrons. The first-order valence-electron chi connectivity index (χ1n) is 7.02. The van der Waals surface area contributed by atoms with Gasteiger partial charge in [-0.1, -0.05) is 0 Å². The van der Waals surface area contributed by atoms with Crippen LogP contribution < -0.4 is 11.1 Å². The third kappa shape index (κ3) is 7.12. The van der Waals surface area contributed by atoms with Gasteiger partial charge in [-0.25, -0.2) is 0 Å². The molecule has 1 aliphatic rings. The van der Waals surface area contributed by atoms with Gasteiger partial charge in [-0.3, -0.25) is 14.5 Å². The van der Waals surface area contributed by atoms with Crippen molar-refractivity contribution in [2.24, 2.45) is 5.73 Å². The third-order valence-corrected chi connectivity index (χ3v) is 3.09. The van der Waals surface area contributed by atoms with Gasteiger partial charge in [0.2, 0.25) is 5.91 Å². The molecule has 19 heavy (non-hydrogen) atoms. The summed E-state index contributed by atoms with van der Waals surface area (Å²) in [5.74, 6) is -0.211. The van der Waals surface area contributed by atoms with Crippen LogP contribution in [0.25, 0.3) is 0 Å². The Morgan fingerprint density at radius 2 is 2.26 bits per heavy atom. The molecule has 0 spiro atoms. The SMILES string of the molecule is CCOC(=O)CCCNC(=O)CN1CCC[C@@H](N)C1. The molecule has 0 aromatic rings. The standard InChI is InChI=1S/C13H25N3O3/c1-2-19-13(18)6-3-7-15-12(17)10-16-8-4-5-11(14)9-16/h11H,2-10,14H2,1H3,(H,15,17)/t11-/m1/s1. The Balaban J connectivity index is 2.06. The monoisotopic (exact) mass is 271 g/mol. The first-order valence-corrected chi connectivity index (χ1v) is 7.02. The molecule has 0 unspecified atom stereocenters. The number of nitrogens with zero attached hydrogens (tertiary/aromatic N) is 1. The van der Waals surface area contributed by atoms with E-state index in [1.807, 2.05) is 0 Å². The number of nitrogens with one attached hydrogen (secondary N) is 1. The summed E-state index contributed by atoms with van der Waals surface area (Å²) in [6.07, 6.45) is 3.06. The van der Waals surface area contributed by atoms with Gasteiger partial charge >= 0.3 is 5.97 Å². The quantitative estimate of drug-likeness (QED) is 0.498. The number of esters is 1. The number of hydrogen-bond acceptors (Lipinski definition) is 5. The van der Waals surface area contributed by atoms with Crippen molar-refractivity contribution in [3.63, 3.8) is 0 Å². The highest BCUT2D eigenvalue weighted by atomic mass is 16.5. The molecule has 1 amide bonds. The number of likely N-dealkylation sites (tertiary alicyclic amines) is 1. The van der Waals surface area contributed by atoms with Crippen LogP contribution in [0.5, 0.6) is 0 Å². The molecule has 0 aromatic carbocycles. The molecule has 6 nitrogen and oxygen atoms in total. The molecule has 1 atom stereocenters. The van der Waals surface area contributed by atoms with Crippen LogP contribution >= 0.6 is 0 Å². The summed E-state index contributed by atoms with van der Waals surface area (Å²) in [6, 6.07) is 0.186. The number of piperidine rings is 1. The Morgan fingerprint density at radius 3 is 2.95 bits per heavy atom. The molecular formula is C13H25N3O3. The first-order chi connectivity index (χ1) is 9.11. The number of ether oxygens (including phenoxy) is 1. The lowest BCUT2D eigenvalue weighted by molar-refractivity contribution is -0.143. The molecule has 0 aliphatic carbocycles. The molecule has 1 rings (SSSR count). The second kappa shape index (κ2) is 8.87. The summed E-state index contributed by atoms with van der Waals surface area (Å²) in [4.78, 5) is 24.8. The Labute approximate surface area is 114 Å². The molecule has 1 aliphatic heterocycles. The smallest absolute Gasteiger partial charge is 0.305 e. The van der Waals surface area contributed by atoms with Gasteiger partial charge in [0.25, 0.3) is 0 Å². The molecule has 1 heterocycles. The molecule has 6 heteroatoms. The second-order valence-electron chi connectivity index (χ2n) is 4.90. The summed E-state index contributed by atoms with van der Waals surface area (Å²) in [5.41, 5.74) is 5.86. The van der Waals surface area contributed by atoms with Crippen LogP contribution in [0, 0.1) is 0 Å². The van der Waals surface area contributed by atoms with Crippen molar-refractivity contribution >= 4 is 11.9 Å². The second-order valence-corrected chi connectivity index (χ2v) is 4.90. The van der Waals surface area contributed by atoms with Crippen molar-refractivity contribution in [3.8, 4) is 0 Å². The van der Waals surface area contributed by atoms with Gasteiger partial charge in [0, 0.05) is 25.6 Å². The summed E-state index contributed by atoms with van der Waals surface area (Å²) in [6.45, 7) is 4.81. The summed E-state index contributed by atoms with van der Waals surface area (Å²) in [7, 11) is 0. The fourth-order valence-corrected chi connectivity index (χ4v) is 2.19. The molecule has 3 N–H and O–H groups in total. The molecule has 0 bridgehead atoms. The molecule has 0 saturated carbocycles. The van der Waals surface area contributed by atoms with Crippen molar-refractivity contribution in [1.82, 2.24) is 10.2 Å². The molecular weight excluding hydrogens is 246 g/mol. The average molecular weight is 271 g/mol. The van der Waals surface area contributed by atoms with E-state index in [-0.39, 0.29) is 17.9 Å². The predicted octanol–water partition coefficient (Wildman–Crippen LogP) is -0.131. The summed E-state index contributed by atoms with van der Waals surface area (Å²) < 4.78 is 4.81. The maximum atomic E-state index is 11.7. The van der Waals surface area contributed by atoms with E-state index in [1.54, 1.807) is 6.92 Å². The van der Waals surface area contributed by atoms with Gasteiger partial charge in [-0.15, -0.1) is 0 Å². The Kier molecular flexibility index (Phi) is 7.43. The van der Waals surface area contributed by atoms with Crippen molar-refractivity contribution in [2.45, 2.75) is 38.6 Å². The number of nitrogens with two attached hydrogens (primary N) is 1. The van der Waals surface area contributed by atoms with Gasteiger partial charge in [0.15, 0.2) is 0 Å². The highest BCUT2D eigenvalue weighted by Crippen LogP contribution is 2.07. The zero-order chi connectivity index (χ0) is 14.1. The highest BCUT2D eigenvalue weighted by Gasteiger charge is 2.18. The first kappa shape index (κ1) is 15.9. The lowest BCUT2D eigenvalue weighted by atomic mass is 10.1. The van der Waals surface area contributed by atoms with E-state index >= 15 is 0 Å². The van der Waals surface area contributed by atoms with E-state index in [1.165, 1.54) is 0 Å². The van der Waals surface area contributed by atoms with Crippen LogP contribution in [-0.4, -0.2) is 55.6 Å². The fourth-order valence-electron chi connectivity index (χ4n) is 2.19. The van der Waals surface area contributed by atoms with Crippen molar-refractivity contribution in [3.05, 3.63) is 0 Å². The van der Waals surface area contributed by atoms with Crippen LogP contribution in [0.15, 0.2) is 0 Å². The normalized spacial score (nSPS) is 20.0. The van der Waals surface area contributed by atoms with Crippen LogP contribution in [0.2, 0.25) is 0 Å². The molecule has 0 aromatic heterocycles. The number of amides is 1. The fraction of sp³-hybridized carbons (Fsp3) is 0.846. The van der Waals surface area contributed by atoms with E-state index in [0.717, 1.165) is 25.9 Å². The lowest BCUT2D eigenvalue weighted by Crippen LogP contribution is -2.47. The van der Waals surface area contributed by atoms with E-state index in [2.05, 4.69) is 10.2 Å². The van der Waals surface area contributed by atoms with E-state index in [4.69, 9.17) is 10.5 Å². The van der Waals surface area contributed by atoms with Crippen molar-refractivity contribution < 1.29 is 14.3 Å². The Bertz CT molecular complexity index is 297. The summed E-state index contributed by atoms with van der Waals surface area (Å²) >= 11 is 0. The van der Waals surface area contributed by atoms with E-state index < -0.39 is 0 Å². The highest BCUT2D eigenvalue weighted by molar-refractivity contribution is 5.78. The minimum atomic E-state index is -0.209. The van der Waals surface area contributed by atoms with Gasteiger partial charge < -0.3 is 15.8 Å². The largest absolute Gasteiger partial charge is 0.466 e. The van der Waals surface area contributed by atoms with Crippen molar-refractivity contribution in [1.29, 1.82) is 0 Å². The number of carbonyl (C=O) groups is 2. The topological polar surface area (TPSA) is 84.7 Å². The number of carbonyl (C=O) groups excluding carboxylic acids is 2. The number of hydrogen-bond donors (Lipinski definition) is 2. The number of rotatable bonds is 7. The maximum Gasteiger partial charge on any atom is 0.305 e. The van der Waals surface area contributed by atoms with Gasteiger partial charge in [0.1, 0.15) is 0 Å². The van der Waals surface area contributed by atoms with Crippen LogP contribution in [0.1, 0.15) is 32.6 Å². The Morgan fingerprint density at radius 1 is 1.47 bits per heavy atom. The molecule has 1 fully saturated rings. The molecule has 110 valence electrons. The van der Waals surface area contributed by atoms with Crippen molar-refractivity contribution in [2.75, 3.05) is 32.8 Å². The Hall–Kier alpha value is -1.14. The van der Waals surface area contributed by atoms with Crippen LogP contribution in [-0.2, 0) is 14.3 Å². The maximum absolute atomic E-state index is 11.7. The van der Waals surface area contributed by atoms with Crippen LogP contribution in [0.3, 0.4) is 0 Å². The van der Waals surface area contributed by atoms with Gasteiger partial charge in [-0.05, 0) is 32.7 Å². The van der Waals surface area contributed by atoms with Crippen LogP contribution in [0.4, 0.5) is 0 Å². The lowest BCUT2D eigenvalue weighted by Gasteiger charge is -2.29. The zero-order valence-electron chi connectivity index (χ0n) is 11.7. The average Bonchev–Trinajstić information content (AvgIpc) is 2.35. The zero-order valence-corrected chi connectivity index (χ0v) is 11.7. The minimum Gasteiger partial charge on any atom is -0.466 e.